The molecule has 0 atom stereocenters. The Kier molecular flexibility index (Phi) is 3.85. The van der Waals surface area contributed by atoms with E-state index >= 15 is 0 Å². The van der Waals surface area contributed by atoms with Gasteiger partial charge in [0, 0.05) is 25.4 Å². The largest absolute Gasteiger partial charge is 0.476 e. The molecule has 2 heterocycles. The summed E-state index contributed by atoms with van der Waals surface area (Å²) in [6, 6.07) is 0. The quantitative estimate of drug-likeness (QED) is 0.794. The van der Waals surface area contributed by atoms with Gasteiger partial charge in [-0.1, -0.05) is 0 Å². The number of thiazole rings is 1. The summed E-state index contributed by atoms with van der Waals surface area (Å²) in [5.41, 5.74) is -0.124. The van der Waals surface area contributed by atoms with Gasteiger partial charge in [-0.05, 0) is 0 Å². The van der Waals surface area contributed by atoms with Crippen LogP contribution in [0.1, 0.15) is 26.1 Å². The third-order valence-corrected chi connectivity index (χ3v) is 3.04. The Bertz CT molecular complexity index is 606. The number of rotatable bonds is 5. The van der Waals surface area contributed by atoms with E-state index in [2.05, 4.69) is 20.4 Å². The van der Waals surface area contributed by atoms with Crippen LogP contribution in [0.25, 0.3) is 0 Å². The fraction of sp³-hybridized carbons (Fsp3) is 0.300. The number of aryl methyl sites for hydroxylation is 1. The predicted molar refractivity (Wildman–Crippen MR) is 66.1 cm³/mol. The molecule has 8 nitrogen and oxygen atoms in total. The highest BCUT2D eigenvalue weighted by atomic mass is 32.1. The van der Waals surface area contributed by atoms with E-state index in [4.69, 9.17) is 5.11 Å². The topological polar surface area (TPSA) is 110 Å². The molecule has 0 saturated heterocycles. The first-order valence-electron chi connectivity index (χ1n) is 5.38. The molecule has 0 saturated carbocycles. The molecule has 0 radical (unpaired) electrons. The molecular formula is C10H11N5O3S. The molecule has 0 spiro atoms. The van der Waals surface area contributed by atoms with Crippen molar-refractivity contribution in [1.29, 1.82) is 0 Å². The molecular weight excluding hydrogens is 270 g/mol. The lowest BCUT2D eigenvalue weighted by Crippen LogP contribution is -2.26. The summed E-state index contributed by atoms with van der Waals surface area (Å²) in [5, 5.41) is 16.9. The van der Waals surface area contributed by atoms with Crippen LogP contribution in [-0.4, -0.2) is 43.3 Å². The molecule has 0 unspecified atom stereocenters. The van der Waals surface area contributed by atoms with Gasteiger partial charge in [0.25, 0.3) is 5.91 Å². The zero-order valence-electron chi connectivity index (χ0n) is 10.0. The van der Waals surface area contributed by atoms with Crippen molar-refractivity contribution in [3.63, 3.8) is 0 Å². The molecule has 0 bridgehead atoms. The van der Waals surface area contributed by atoms with Crippen molar-refractivity contribution < 1.29 is 14.7 Å². The predicted octanol–water partition coefficient (Wildman–Crippen LogP) is -0.0577. The van der Waals surface area contributed by atoms with Crippen LogP contribution in [0, 0.1) is 0 Å². The van der Waals surface area contributed by atoms with Crippen molar-refractivity contribution in [3.8, 4) is 0 Å². The molecule has 9 heteroatoms. The van der Waals surface area contributed by atoms with E-state index in [0.29, 0.717) is 18.8 Å². The van der Waals surface area contributed by atoms with Crippen LogP contribution < -0.4 is 5.32 Å². The third-order valence-electron chi connectivity index (χ3n) is 2.20. The van der Waals surface area contributed by atoms with Gasteiger partial charge >= 0.3 is 5.97 Å². The monoisotopic (exact) mass is 281 g/mol. The van der Waals surface area contributed by atoms with E-state index in [1.807, 2.05) is 0 Å². The van der Waals surface area contributed by atoms with Gasteiger partial charge in [0.05, 0.1) is 0 Å². The van der Waals surface area contributed by atoms with Crippen LogP contribution in [0.3, 0.4) is 0 Å². The zero-order chi connectivity index (χ0) is 13.8. The van der Waals surface area contributed by atoms with Crippen LogP contribution in [0.4, 0.5) is 0 Å². The van der Waals surface area contributed by atoms with E-state index in [-0.39, 0.29) is 10.7 Å². The van der Waals surface area contributed by atoms with Crippen molar-refractivity contribution >= 4 is 23.2 Å². The summed E-state index contributed by atoms with van der Waals surface area (Å²) >= 11 is 0.997. The minimum atomic E-state index is -1.15. The maximum Gasteiger partial charge on any atom is 0.355 e. The van der Waals surface area contributed by atoms with E-state index in [1.54, 1.807) is 18.1 Å². The van der Waals surface area contributed by atoms with Crippen molar-refractivity contribution in [2.24, 2.45) is 7.05 Å². The average molecular weight is 281 g/mol. The maximum absolute atomic E-state index is 11.7. The normalized spacial score (nSPS) is 10.4. The number of carboxylic acid groups (broad SMARTS) is 1. The van der Waals surface area contributed by atoms with Gasteiger partial charge in [0.2, 0.25) is 0 Å². The SMILES string of the molecule is Cn1cnc(CCNC(=O)c2nc(C(=O)O)cs2)n1. The smallest absolute Gasteiger partial charge is 0.355 e. The Morgan fingerprint density at radius 2 is 2.32 bits per heavy atom. The molecule has 1 amide bonds. The molecule has 0 aliphatic heterocycles. The highest BCUT2D eigenvalue weighted by Gasteiger charge is 2.14. The number of aromatic nitrogens is 4. The number of nitrogens with one attached hydrogen (secondary N) is 1. The second kappa shape index (κ2) is 5.57. The summed E-state index contributed by atoms with van der Waals surface area (Å²) in [6.07, 6.45) is 2.08. The minimum Gasteiger partial charge on any atom is -0.476 e. The molecule has 0 aromatic carbocycles. The Labute approximate surface area is 112 Å². The molecule has 2 aromatic heterocycles. The highest BCUT2D eigenvalue weighted by molar-refractivity contribution is 7.11. The van der Waals surface area contributed by atoms with Gasteiger partial charge in [-0.3, -0.25) is 9.48 Å². The summed E-state index contributed by atoms with van der Waals surface area (Å²) < 4.78 is 1.58. The fourth-order valence-corrected chi connectivity index (χ4v) is 2.05. The molecule has 100 valence electrons. The standard InChI is InChI=1S/C10H11N5O3S/c1-15-5-12-7(14-15)2-3-11-8(16)9-13-6(4-19-9)10(17)18/h4-5H,2-3H2,1H3,(H,11,16)(H,17,18). The number of carboxylic acids is 1. The van der Waals surface area contributed by atoms with Crippen molar-refractivity contribution in [1.82, 2.24) is 25.1 Å². The van der Waals surface area contributed by atoms with Gasteiger partial charge < -0.3 is 10.4 Å². The van der Waals surface area contributed by atoms with Gasteiger partial charge in [0.1, 0.15) is 6.33 Å². The molecule has 2 aromatic rings. The lowest BCUT2D eigenvalue weighted by molar-refractivity contribution is 0.0691. The lowest BCUT2D eigenvalue weighted by atomic mass is 10.4. The Balaban J connectivity index is 1.85. The second-order valence-electron chi connectivity index (χ2n) is 3.68. The van der Waals surface area contributed by atoms with Crippen molar-refractivity contribution in [3.05, 3.63) is 28.2 Å². The number of nitrogens with zero attached hydrogens (tertiary/aromatic N) is 4. The van der Waals surface area contributed by atoms with Crippen molar-refractivity contribution in [2.75, 3.05) is 6.54 Å². The van der Waals surface area contributed by atoms with E-state index in [1.165, 1.54) is 5.38 Å². The first-order valence-corrected chi connectivity index (χ1v) is 6.26. The summed E-state index contributed by atoms with van der Waals surface area (Å²) in [6.45, 7) is 0.366. The fourth-order valence-electron chi connectivity index (χ4n) is 1.34. The summed E-state index contributed by atoms with van der Waals surface area (Å²) in [5.74, 6) is -0.908. The summed E-state index contributed by atoms with van der Waals surface area (Å²) in [4.78, 5) is 30.0. The average Bonchev–Trinajstić information content (AvgIpc) is 2.98. The molecule has 19 heavy (non-hydrogen) atoms. The van der Waals surface area contributed by atoms with E-state index in [9.17, 15) is 9.59 Å². The molecule has 2 N–H and O–H groups in total. The second-order valence-corrected chi connectivity index (χ2v) is 4.54. The number of carbonyl (C=O) groups excluding carboxylic acids is 1. The minimum absolute atomic E-state index is 0.124. The van der Waals surface area contributed by atoms with Crippen LogP contribution in [0.2, 0.25) is 0 Å². The lowest BCUT2D eigenvalue weighted by Gasteiger charge is -1.99. The van der Waals surface area contributed by atoms with Gasteiger partial charge in [-0.2, -0.15) is 5.10 Å². The highest BCUT2D eigenvalue weighted by Crippen LogP contribution is 2.09. The molecule has 0 aliphatic rings. The van der Waals surface area contributed by atoms with Crippen LogP contribution >= 0.6 is 11.3 Å². The number of amides is 1. The Hall–Kier alpha value is -2.29. The van der Waals surface area contributed by atoms with Crippen molar-refractivity contribution in [2.45, 2.75) is 6.42 Å². The van der Waals surface area contributed by atoms with Gasteiger partial charge in [-0.15, -0.1) is 11.3 Å². The first kappa shape index (κ1) is 13.1. The molecule has 0 fully saturated rings. The molecule has 2 rings (SSSR count). The van der Waals surface area contributed by atoms with Gasteiger partial charge in [0.15, 0.2) is 16.5 Å². The number of aromatic carboxylic acids is 1. The zero-order valence-corrected chi connectivity index (χ0v) is 10.8. The van der Waals surface area contributed by atoms with Crippen LogP contribution in [-0.2, 0) is 13.5 Å². The Morgan fingerprint density at radius 3 is 2.89 bits per heavy atom. The van der Waals surface area contributed by atoms with Crippen LogP contribution in [0.5, 0.6) is 0 Å². The molecule has 0 aliphatic carbocycles. The number of hydrogen-bond donors (Lipinski definition) is 2. The third kappa shape index (κ3) is 3.35. The first-order chi connectivity index (χ1) is 9.06. The van der Waals surface area contributed by atoms with E-state index in [0.717, 1.165) is 11.3 Å². The Morgan fingerprint density at radius 1 is 1.53 bits per heavy atom. The summed E-state index contributed by atoms with van der Waals surface area (Å²) in [7, 11) is 1.76. The number of carbonyl (C=O) groups is 2. The maximum atomic E-state index is 11.7. The van der Waals surface area contributed by atoms with Gasteiger partial charge in [-0.25, -0.2) is 14.8 Å². The van der Waals surface area contributed by atoms with Crippen LogP contribution in [0.15, 0.2) is 11.7 Å². The van der Waals surface area contributed by atoms with E-state index < -0.39 is 11.9 Å². The number of hydrogen-bond acceptors (Lipinski definition) is 6.